The van der Waals surface area contributed by atoms with E-state index in [9.17, 15) is 0 Å². The van der Waals surface area contributed by atoms with Gasteiger partial charge in [-0.2, -0.15) is 0 Å². The first-order chi connectivity index (χ1) is 5.97. The standard InChI is InChI=1S/C9H12N2O/c1-5-12-6-2-8(1)9-7-10-3-4-11-9/h3-4,7-8H,1-2,5-6H2. The van der Waals surface area contributed by atoms with Crippen molar-refractivity contribution < 1.29 is 4.74 Å². The van der Waals surface area contributed by atoms with Crippen molar-refractivity contribution in [3.63, 3.8) is 0 Å². The Morgan fingerprint density at radius 3 is 2.75 bits per heavy atom. The molecule has 1 aromatic rings. The molecular formula is C9H12N2O. The highest BCUT2D eigenvalue weighted by Crippen LogP contribution is 2.23. The number of nitrogens with zero attached hydrogens (tertiary/aromatic N) is 2. The number of aromatic nitrogens is 2. The highest BCUT2D eigenvalue weighted by Gasteiger charge is 2.16. The van der Waals surface area contributed by atoms with Crippen molar-refractivity contribution in [2.24, 2.45) is 0 Å². The summed E-state index contributed by atoms with van der Waals surface area (Å²) in [5.41, 5.74) is 1.11. The Labute approximate surface area is 71.8 Å². The van der Waals surface area contributed by atoms with E-state index in [2.05, 4.69) is 9.97 Å². The van der Waals surface area contributed by atoms with Crippen LogP contribution >= 0.6 is 0 Å². The smallest absolute Gasteiger partial charge is 0.0619 e. The van der Waals surface area contributed by atoms with Gasteiger partial charge in [0, 0.05) is 37.7 Å². The van der Waals surface area contributed by atoms with Crippen LogP contribution in [0.25, 0.3) is 0 Å². The molecule has 2 rings (SSSR count). The lowest BCUT2D eigenvalue weighted by Crippen LogP contribution is -2.15. The first-order valence-electron chi connectivity index (χ1n) is 4.30. The Hall–Kier alpha value is -0.960. The molecule has 0 spiro atoms. The van der Waals surface area contributed by atoms with E-state index in [0.717, 1.165) is 31.7 Å². The van der Waals surface area contributed by atoms with Gasteiger partial charge >= 0.3 is 0 Å². The minimum atomic E-state index is 0.562. The molecule has 0 bridgehead atoms. The van der Waals surface area contributed by atoms with Gasteiger partial charge in [-0.3, -0.25) is 9.97 Å². The van der Waals surface area contributed by atoms with Gasteiger partial charge in [0.25, 0.3) is 0 Å². The Kier molecular flexibility index (Phi) is 2.32. The maximum absolute atomic E-state index is 5.27. The van der Waals surface area contributed by atoms with E-state index in [1.165, 1.54) is 0 Å². The van der Waals surface area contributed by atoms with Crippen LogP contribution in [0.15, 0.2) is 18.6 Å². The Morgan fingerprint density at radius 1 is 1.25 bits per heavy atom. The van der Waals surface area contributed by atoms with Crippen LogP contribution in [0.2, 0.25) is 0 Å². The second kappa shape index (κ2) is 3.63. The van der Waals surface area contributed by atoms with E-state index in [0.29, 0.717) is 5.92 Å². The van der Waals surface area contributed by atoms with Crippen LogP contribution in [0.1, 0.15) is 24.5 Å². The molecule has 2 heterocycles. The molecule has 64 valence electrons. The summed E-state index contributed by atoms with van der Waals surface area (Å²) in [5.74, 6) is 0.562. The molecule has 1 aliphatic heterocycles. The molecule has 1 fully saturated rings. The highest BCUT2D eigenvalue weighted by molar-refractivity contribution is 5.03. The average molecular weight is 164 g/mol. The lowest BCUT2D eigenvalue weighted by molar-refractivity contribution is 0.0844. The second-order valence-corrected chi connectivity index (χ2v) is 3.02. The fourth-order valence-corrected chi connectivity index (χ4v) is 1.51. The quantitative estimate of drug-likeness (QED) is 0.628. The van der Waals surface area contributed by atoms with Gasteiger partial charge in [-0.25, -0.2) is 0 Å². The first-order valence-corrected chi connectivity index (χ1v) is 4.30. The van der Waals surface area contributed by atoms with Gasteiger partial charge in [-0.05, 0) is 12.8 Å². The van der Waals surface area contributed by atoms with Crippen LogP contribution in [0, 0.1) is 0 Å². The van der Waals surface area contributed by atoms with Gasteiger partial charge < -0.3 is 4.74 Å². The van der Waals surface area contributed by atoms with Crippen LogP contribution in [-0.2, 0) is 4.74 Å². The van der Waals surface area contributed by atoms with Gasteiger partial charge in [0.15, 0.2) is 0 Å². The molecule has 0 radical (unpaired) electrons. The minimum Gasteiger partial charge on any atom is -0.381 e. The molecule has 0 N–H and O–H groups in total. The van der Waals surface area contributed by atoms with Gasteiger partial charge in [0.2, 0.25) is 0 Å². The van der Waals surface area contributed by atoms with E-state index >= 15 is 0 Å². The van der Waals surface area contributed by atoms with E-state index in [1.807, 2.05) is 6.20 Å². The molecule has 1 aliphatic rings. The van der Waals surface area contributed by atoms with Crippen molar-refractivity contribution >= 4 is 0 Å². The predicted octanol–water partition coefficient (Wildman–Crippen LogP) is 1.37. The van der Waals surface area contributed by atoms with Crippen molar-refractivity contribution in [3.8, 4) is 0 Å². The molecule has 1 saturated heterocycles. The minimum absolute atomic E-state index is 0.562. The largest absolute Gasteiger partial charge is 0.381 e. The fraction of sp³-hybridized carbons (Fsp3) is 0.556. The predicted molar refractivity (Wildman–Crippen MR) is 44.8 cm³/mol. The maximum Gasteiger partial charge on any atom is 0.0619 e. The first kappa shape index (κ1) is 7.68. The zero-order valence-corrected chi connectivity index (χ0v) is 6.94. The number of hydrogen-bond donors (Lipinski definition) is 0. The zero-order chi connectivity index (χ0) is 8.23. The monoisotopic (exact) mass is 164 g/mol. The molecular weight excluding hydrogens is 152 g/mol. The van der Waals surface area contributed by atoms with Gasteiger partial charge in [0.05, 0.1) is 5.69 Å². The van der Waals surface area contributed by atoms with Crippen molar-refractivity contribution in [2.45, 2.75) is 18.8 Å². The van der Waals surface area contributed by atoms with E-state index in [-0.39, 0.29) is 0 Å². The number of hydrogen-bond acceptors (Lipinski definition) is 3. The van der Waals surface area contributed by atoms with Gasteiger partial charge in [-0.1, -0.05) is 0 Å². The van der Waals surface area contributed by atoms with Crippen molar-refractivity contribution in [3.05, 3.63) is 24.3 Å². The van der Waals surface area contributed by atoms with Gasteiger partial charge in [0.1, 0.15) is 0 Å². The van der Waals surface area contributed by atoms with Crippen molar-refractivity contribution in [2.75, 3.05) is 13.2 Å². The third-order valence-corrected chi connectivity index (χ3v) is 2.22. The van der Waals surface area contributed by atoms with Crippen LogP contribution in [0.4, 0.5) is 0 Å². The molecule has 1 aromatic heterocycles. The molecule has 0 aliphatic carbocycles. The van der Waals surface area contributed by atoms with Crippen LogP contribution in [0.5, 0.6) is 0 Å². The molecule has 3 nitrogen and oxygen atoms in total. The van der Waals surface area contributed by atoms with Crippen molar-refractivity contribution in [1.29, 1.82) is 0 Å². The summed E-state index contributed by atoms with van der Waals surface area (Å²) < 4.78 is 5.27. The Bertz CT molecular complexity index is 232. The lowest BCUT2D eigenvalue weighted by Gasteiger charge is -2.20. The highest BCUT2D eigenvalue weighted by atomic mass is 16.5. The van der Waals surface area contributed by atoms with E-state index in [1.54, 1.807) is 12.4 Å². The molecule has 0 unspecified atom stereocenters. The third-order valence-electron chi connectivity index (χ3n) is 2.22. The molecule has 12 heavy (non-hydrogen) atoms. The van der Waals surface area contributed by atoms with E-state index < -0.39 is 0 Å². The summed E-state index contributed by atoms with van der Waals surface area (Å²) in [5, 5.41) is 0. The maximum atomic E-state index is 5.27. The molecule has 0 amide bonds. The number of ether oxygens (including phenoxy) is 1. The average Bonchev–Trinajstić information content (AvgIpc) is 2.21. The lowest BCUT2D eigenvalue weighted by atomic mass is 9.97. The van der Waals surface area contributed by atoms with Crippen molar-refractivity contribution in [1.82, 2.24) is 9.97 Å². The molecule has 3 heteroatoms. The normalized spacial score (nSPS) is 19.3. The molecule has 0 atom stereocenters. The van der Waals surface area contributed by atoms with Gasteiger partial charge in [-0.15, -0.1) is 0 Å². The summed E-state index contributed by atoms with van der Waals surface area (Å²) in [6.07, 6.45) is 7.49. The summed E-state index contributed by atoms with van der Waals surface area (Å²) in [6.45, 7) is 1.72. The third kappa shape index (κ3) is 1.61. The summed E-state index contributed by atoms with van der Waals surface area (Å²) in [6, 6.07) is 0. The fourth-order valence-electron chi connectivity index (χ4n) is 1.51. The number of rotatable bonds is 1. The van der Waals surface area contributed by atoms with E-state index in [4.69, 9.17) is 4.74 Å². The SMILES string of the molecule is c1cnc(C2CCOCC2)cn1. The zero-order valence-electron chi connectivity index (χ0n) is 6.94. The van der Waals surface area contributed by atoms with Crippen LogP contribution < -0.4 is 0 Å². The Morgan fingerprint density at radius 2 is 2.08 bits per heavy atom. The Balaban J connectivity index is 2.08. The molecule has 0 saturated carbocycles. The topological polar surface area (TPSA) is 35.0 Å². The summed E-state index contributed by atoms with van der Waals surface area (Å²) in [7, 11) is 0. The summed E-state index contributed by atoms with van der Waals surface area (Å²) >= 11 is 0. The second-order valence-electron chi connectivity index (χ2n) is 3.02. The van der Waals surface area contributed by atoms with Crippen LogP contribution in [0.3, 0.4) is 0 Å². The molecule has 0 aromatic carbocycles. The van der Waals surface area contributed by atoms with Crippen LogP contribution in [-0.4, -0.2) is 23.2 Å². The summed E-state index contributed by atoms with van der Waals surface area (Å²) in [4.78, 5) is 8.34.